The standard InChI is InChI=1S/C13H10BrN3O2S/c14-10-5-4-9(8-15)13(6-10)17-20(18,19)12-3-1-2-11(16)7-12/h1-7,17H,16H2. The van der Waals surface area contributed by atoms with Gasteiger partial charge in [0.05, 0.1) is 16.1 Å². The third kappa shape index (κ3) is 3.10. The van der Waals surface area contributed by atoms with Crippen molar-refractivity contribution in [3.8, 4) is 6.07 Å². The van der Waals surface area contributed by atoms with Crippen LogP contribution in [0.15, 0.2) is 51.8 Å². The van der Waals surface area contributed by atoms with E-state index in [4.69, 9.17) is 11.0 Å². The summed E-state index contributed by atoms with van der Waals surface area (Å²) < 4.78 is 27.5. The fraction of sp³-hybridized carbons (Fsp3) is 0. The highest BCUT2D eigenvalue weighted by Gasteiger charge is 2.16. The van der Waals surface area contributed by atoms with Crippen LogP contribution in [0.25, 0.3) is 0 Å². The van der Waals surface area contributed by atoms with Crippen molar-refractivity contribution in [2.45, 2.75) is 4.90 Å². The summed E-state index contributed by atoms with van der Waals surface area (Å²) in [7, 11) is -3.79. The molecule has 2 aromatic rings. The van der Waals surface area contributed by atoms with Gasteiger partial charge in [0.2, 0.25) is 0 Å². The largest absolute Gasteiger partial charge is 0.399 e. The van der Waals surface area contributed by atoms with Crippen molar-refractivity contribution in [2.24, 2.45) is 0 Å². The first-order valence-corrected chi connectivity index (χ1v) is 7.78. The summed E-state index contributed by atoms with van der Waals surface area (Å²) in [5, 5.41) is 9.00. The SMILES string of the molecule is N#Cc1ccc(Br)cc1NS(=O)(=O)c1cccc(N)c1. The van der Waals surface area contributed by atoms with Gasteiger partial charge in [0.15, 0.2) is 0 Å². The normalized spacial score (nSPS) is 10.8. The van der Waals surface area contributed by atoms with Crippen molar-refractivity contribution in [3.05, 3.63) is 52.5 Å². The van der Waals surface area contributed by atoms with Crippen LogP contribution >= 0.6 is 15.9 Å². The number of benzene rings is 2. The highest BCUT2D eigenvalue weighted by molar-refractivity contribution is 9.10. The molecule has 0 aliphatic rings. The lowest BCUT2D eigenvalue weighted by Crippen LogP contribution is -2.14. The van der Waals surface area contributed by atoms with Gasteiger partial charge in [0.25, 0.3) is 10.0 Å². The van der Waals surface area contributed by atoms with Gasteiger partial charge in [0, 0.05) is 10.2 Å². The molecule has 0 saturated heterocycles. The van der Waals surface area contributed by atoms with Gasteiger partial charge in [-0.2, -0.15) is 5.26 Å². The zero-order valence-corrected chi connectivity index (χ0v) is 12.6. The van der Waals surface area contributed by atoms with Gasteiger partial charge in [-0.1, -0.05) is 22.0 Å². The van der Waals surface area contributed by atoms with Crippen LogP contribution in [-0.2, 0) is 10.0 Å². The third-order valence-electron chi connectivity index (χ3n) is 2.51. The molecular weight excluding hydrogens is 342 g/mol. The van der Waals surface area contributed by atoms with E-state index in [9.17, 15) is 8.42 Å². The van der Waals surface area contributed by atoms with E-state index in [-0.39, 0.29) is 16.1 Å². The molecule has 102 valence electrons. The number of nitrogens with one attached hydrogen (secondary N) is 1. The Balaban J connectivity index is 2.44. The Bertz CT molecular complexity index is 798. The molecule has 3 N–H and O–H groups in total. The average Bonchev–Trinajstić information content (AvgIpc) is 2.38. The number of nitrogens with two attached hydrogens (primary N) is 1. The maximum absolute atomic E-state index is 12.2. The Morgan fingerprint density at radius 2 is 1.95 bits per heavy atom. The minimum absolute atomic E-state index is 0.0429. The van der Waals surface area contributed by atoms with Crippen LogP contribution in [0.5, 0.6) is 0 Å². The molecule has 0 heterocycles. The number of sulfonamides is 1. The van der Waals surface area contributed by atoms with Gasteiger partial charge in [-0.3, -0.25) is 4.72 Å². The first kappa shape index (κ1) is 14.4. The summed E-state index contributed by atoms with van der Waals surface area (Å²) in [5.41, 5.74) is 6.38. The highest BCUT2D eigenvalue weighted by atomic mass is 79.9. The molecule has 5 nitrogen and oxygen atoms in total. The molecule has 0 aromatic heterocycles. The predicted octanol–water partition coefficient (Wildman–Crippen LogP) is 2.70. The smallest absolute Gasteiger partial charge is 0.262 e. The molecule has 20 heavy (non-hydrogen) atoms. The van der Waals surface area contributed by atoms with Crippen molar-refractivity contribution in [2.75, 3.05) is 10.5 Å². The number of hydrogen-bond donors (Lipinski definition) is 2. The second kappa shape index (κ2) is 5.53. The van der Waals surface area contributed by atoms with E-state index in [1.165, 1.54) is 24.3 Å². The van der Waals surface area contributed by atoms with Crippen molar-refractivity contribution in [1.29, 1.82) is 5.26 Å². The minimum Gasteiger partial charge on any atom is -0.399 e. The van der Waals surface area contributed by atoms with Crippen LogP contribution < -0.4 is 10.5 Å². The van der Waals surface area contributed by atoms with Crippen molar-refractivity contribution < 1.29 is 8.42 Å². The number of halogens is 1. The average molecular weight is 352 g/mol. The zero-order chi connectivity index (χ0) is 14.8. The molecule has 0 bridgehead atoms. The van der Waals surface area contributed by atoms with Crippen LogP contribution in [-0.4, -0.2) is 8.42 Å². The molecule has 2 rings (SSSR count). The van der Waals surface area contributed by atoms with E-state index < -0.39 is 10.0 Å². The minimum atomic E-state index is -3.79. The van der Waals surface area contributed by atoms with Crippen molar-refractivity contribution in [1.82, 2.24) is 0 Å². The maximum atomic E-state index is 12.2. The van der Waals surface area contributed by atoms with Gasteiger partial charge in [0.1, 0.15) is 6.07 Å². The third-order valence-corrected chi connectivity index (χ3v) is 4.37. The Labute approximate surface area is 125 Å². The van der Waals surface area contributed by atoms with Gasteiger partial charge in [-0.05, 0) is 36.4 Å². The van der Waals surface area contributed by atoms with Gasteiger partial charge in [-0.25, -0.2) is 8.42 Å². The molecule has 0 radical (unpaired) electrons. The van der Waals surface area contributed by atoms with Crippen molar-refractivity contribution >= 4 is 37.3 Å². The lowest BCUT2D eigenvalue weighted by Gasteiger charge is -2.10. The first-order chi connectivity index (χ1) is 9.42. The lowest BCUT2D eigenvalue weighted by atomic mass is 10.2. The van der Waals surface area contributed by atoms with E-state index in [1.807, 2.05) is 6.07 Å². The second-order valence-electron chi connectivity index (χ2n) is 3.98. The molecule has 0 saturated carbocycles. The number of nitrogen functional groups attached to an aromatic ring is 1. The Morgan fingerprint density at radius 3 is 2.60 bits per heavy atom. The van der Waals surface area contributed by atoms with Gasteiger partial charge < -0.3 is 5.73 Å². The second-order valence-corrected chi connectivity index (χ2v) is 6.58. The summed E-state index contributed by atoms with van der Waals surface area (Å²) in [6, 6.07) is 12.6. The van der Waals surface area contributed by atoms with E-state index in [1.54, 1.807) is 18.2 Å². The van der Waals surface area contributed by atoms with E-state index in [2.05, 4.69) is 20.7 Å². The van der Waals surface area contributed by atoms with E-state index in [0.29, 0.717) is 10.2 Å². The quantitative estimate of drug-likeness (QED) is 0.830. The summed E-state index contributed by atoms with van der Waals surface area (Å²) in [4.78, 5) is 0.0429. The Morgan fingerprint density at radius 1 is 1.20 bits per heavy atom. The van der Waals surface area contributed by atoms with Crippen LogP contribution in [0, 0.1) is 11.3 Å². The summed E-state index contributed by atoms with van der Waals surface area (Å²) in [6.07, 6.45) is 0. The highest BCUT2D eigenvalue weighted by Crippen LogP contribution is 2.24. The molecule has 0 atom stereocenters. The van der Waals surface area contributed by atoms with Crippen LogP contribution in [0.4, 0.5) is 11.4 Å². The Hall–Kier alpha value is -2.04. The Kier molecular flexibility index (Phi) is 3.97. The molecular formula is C13H10BrN3O2S. The molecule has 0 spiro atoms. The zero-order valence-electron chi connectivity index (χ0n) is 10.2. The summed E-state index contributed by atoms with van der Waals surface area (Å²) >= 11 is 3.24. The fourth-order valence-electron chi connectivity index (χ4n) is 1.58. The molecule has 0 unspecified atom stereocenters. The topological polar surface area (TPSA) is 96.0 Å². The van der Waals surface area contributed by atoms with Crippen LogP contribution in [0.1, 0.15) is 5.56 Å². The maximum Gasteiger partial charge on any atom is 0.262 e. The molecule has 0 amide bonds. The van der Waals surface area contributed by atoms with Crippen molar-refractivity contribution in [3.63, 3.8) is 0 Å². The summed E-state index contributed by atoms with van der Waals surface area (Å²) in [6.45, 7) is 0. The van der Waals surface area contributed by atoms with E-state index >= 15 is 0 Å². The predicted molar refractivity (Wildman–Crippen MR) is 80.5 cm³/mol. The number of anilines is 2. The molecule has 7 heteroatoms. The fourth-order valence-corrected chi connectivity index (χ4v) is 3.07. The lowest BCUT2D eigenvalue weighted by molar-refractivity contribution is 0.601. The number of nitriles is 1. The van der Waals surface area contributed by atoms with Crippen LogP contribution in [0.2, 0.25) is 0 Å². The summed E-state index contributed by atoms with van der Waals surface area (Å²) in [5.74, 6) is 0. The number of nitrogens with zero attached hydrogens (tertiary/aromatic N) is 1. The monoisotopic (exact) mass is 351 g/mol. The molecule has 2 aromatic carbocycles. The van der Waals surface area contributed by atoms with Gasteiger partial charge in [-0.15, -0.1) is 0 Å². The molecule has 0 aliphatic carbocycles. The molecule has 0 aliphatic heterocycles. The van der Waals surface area contributed by atoms with E-state index in [0.717, 1.165) is 0 Å². The number of rotatable bonds is 3. The number of hydrogen-bond acceptors (Lipinski definition) is 4. The molecule has 0 fully saturated rings. The van der Waals surface area contributed by atoms with Crippen LogP contribution in [0.3, 0.4) is 0 Å². The first-order valence-electron chi connectivity index (χ1n) is 5.50. The van der Waals surface area contributed by atoms with Gasteiger partial charge >= 0.3 is 0 Å².